The second kappa shape index (κ2) is 7.84. The molecule has 2 N–H and O–H groups in total. The Morgan fingerprint density at radius 2 is 1.67 bits per heavy atom. The standard InChI is InChI=1S/C12H12N4.C7H8O/c1-16(2)12-9(7-13)11(14)8-5-3-4-6-10(8)15-12;1-8-7-5-3-2-4-6-7/h3-6H,1-2H3,(H2,14,15);2-6H,1H3. The Labute approximate surface area is 141 Å². The molecule has 0 atom stereocenters. The van der Waals surface area contributed by atoms with Gasteiger partial charge in [-0.1, -0.05) is 36.4 Å². The summed E-state index contributed by atoms with van der Waals surface area (Å²) >= 11 is 0. The molecule has 0 aliphatic carbocycles. The van der Waals surface area contributed by atoms with Gasteiger partial charge in [0.1, 0.15) is 23.2 Å². The summed E-state index contributed by atoms with van der Waals surface area (Å²) in [5.41, 5.74) is 7.72. The Hall–Kier alpha value is -3.26. The number of rotatable bonds is 2. The van der Waals surface area contributed by atoms with Gasteiger partial charge in [-0.2, -0.15) is 5.26 Å². The molecule has 0 saturated heterocycles. The predicted molar refractivity (Wildman–Crippen MR) is 98.2 cm³/mol. The average molecular weight is 320 g/mol. The van der Waals surface area contributed by atoms with Crippen molar-refractivity contribution in [2.45, 2.75) is 0 Å². The number of benzene rings is 2. The van der Waals surface area contributed by atoms with E-state index in [0.29, 0.717) is 17.1 Å². The van der Waals surface area contributed by atoms with Gasteiger partial charge in [0.25, 0.3) is 0 Å². The molecular formula is C19H20N4O. The van der Waals surface area contributed by atoms with E-state index in [1.807, 2.05) is 68.7 Å². The Kier molecular flexibility index (Phi) is 5.58. The number of nitrogens with zero attached hydrogens (tertiary/aromatic N) is 3. The van der Waals surface area contributed by atoms with Crippen molar-refractivity contribution in [1.82, 2.24) is 4.98 Å². The molecule has 0 bridgehead atoms. The molecule has 0 unspecified atom stereocenters. The molecule has 0 spiro atoms. The van der Waals surface area contributed by atoms with Gasteiger partial charge in [-0.3, -0.25) is 0 Å². The van der Waals surface area contributed by atoms with E-state index >= 15 is 0 Å². The second-order valence-electron chi connectivity index (χ2n) is 5.26. The van der Waals surface area contributed by atoms with Gasteiger partial charge in [-0.15, -0.1) is 0 Å². The second-order valence-corrected chi connectivity index (χ2v) is 5.26. The lowest BCUT2D eigenvalue weighted by Gasteiger charge is -2.15. The van der Waals surface area contributed by atoms with Crippen molar-refractivity contribution in [1.29, 1.82) is 5.26 Å². The number of ether oxygens (including phenoxy) is 1. The third kappa shape index (κ3) is 3.73. The summed E-state index contributed by atoms with van der Waals surface area (Å²) < 4.78 is 4.91. The molecule has 3 rings (SSSR count). The summed E-state index contributed by atoms with van der Waals surface area (Å²) in [5.74, 6) is 1.52. The number of pyridine rings is 1. The maximum atomic E-state index is 9.11. The summed E-state index contributed by atoms with van der Waals surface area (Å²) in [6, 6.07) is 19.3. The number of nitrogen functional groups attached to an aromatic ring is 1. The third-order valence-corrected chi connectivity index (χ3v) is 3.43. The normalized spacial score (nSPS) is 9.58. The van der Waals surface area contributed by atoms with Crippen molar-refractivity contribution in [2.24, 2.45) is 0 Å². The lowest BCUT2D eigenvalue weighted by Crippen LogP contribution is -2.14. The summed E-state index contributed by atoms with van der Waals surface area (Å²) in [6.45, 7) is 0. The van der Waals surface area contributed by atoms with Gasteiger partial charge in [0.15, 0.2) is 0 Å². The topological polar surface area (TPSA) is 75.2 Å². The lowest BCUT2D eigenvalue weighted by atomic mass is 10.1. The number of anilines is 2. The van der Waals surface area contributed by atoms with Crippen molar-refractivity contribution in [3.05, 3.63) is 60.2 Å². The van der Waals surface area contributed by atoms with Crippen LogP contribution in [0.3, 0.4) is 0 Å². The zero-order chi connectivity index (χ0) is 17.5. The fourth-order valence-corrected chi connectivity index (χ4v) is 2.21. The third-order valence-electron chi connectivity index (χ3n) is 3.43. The number of nitriles is 1. The van der Waals surface area contributed by atoms with Crippen LogP contribution >= 0.6 is 0 Å². The first-order valence-corrected chi connectivity index (χ1v) is 7.43. The Balaban J connectivity index is 0.000000219. The minimum Gasteiger partial charge on any atom is -0.497 e. The molecule has 5 nitrogen and oxygen atoms in total. The molecule has 1 heterocycles. The number of aromatic nitrogens is 1. The SMILES string of the molecule is CN(C)c1nc2ccccc2c(N)c1C#N.COc1ccccc1. The molecule has 0 aliphatic rings. The van der Waals surface area contributed by atoms with Crippen LogP contribution < -0.4 is 15.4 Å². The Bertz CT molecular complexity index is 854. The van der Waals surface area contributed by atoms with E-state index in [1.165, 1.54) is 0 Å². The van der Waals surface area contributed by atoms with Crippen LogP contribution in [0, 0.1) is 11.3 Å². The molecular weight excluding hydrogens is 300 g/mol. The van der Waals surface area contributed by atoms with Crippen LogP contribution in [-0.2, 0) is 0 Å². The van der Waals surface area contributed by atoms with Crippen molar-refractivity contribution in [2.75, 3.05) is 31.8 Å². The average Bonchev–Trinajstić information content (AvgIpc) is 2.63. The first-order chi connectivity index (χ1) is 11.6. The molecule has 5 heteroatoms. The lowest BCUT2D eigenvalue weighted by molar-refractivity contribution is 0.415. The highest BCUT2D eigenvalue weighted by Crippen LogP contribution is 2.29. The molecule has 0 radical (unpaired) electrons. The van der Waals surface area contributed by atoms with E-state index in [-0.39, 0.29) is 0 Å². The minimum atomic E-state index is 0.434. The maximum absolute atomic E-state index is 9.11. The number of para-hydroxylation sites is 2. The van der Waals surface area contributed by atoms with Crippen LogP contribution in [0.2, 0.25) is 0 Å². The number of nitrogens with two attached hydrogens (primary N) is 1. The summed E-state index contributed by atoms with van der Waals surface area (Å²) in [5, 5.41) is 9.93. The van der Waals surface area contributed by atoms with Gasteiger partial charge in [0, 0.05) is 19.5 Å². The van der Waals surface area contributed by atoms with Crippen LogP contribution in [-0.4, -0.2) is 26.2 Å². The predicted octanol–water partition coefficient (Wildman–Crippen LogP) is 3.45. The van der Waals surface area contributed by atoms with Crippen LogP contribution in [0.4, 0.5) is 11.5 Å². The smallest absolute Gasteiger partial charge is 0.148 e. The molecule has 122 valence electrons. The molecule has 0 amide bonds. The van der Waals surface area contributed by atoms with Crippen LogP contribution in [0.15, 0.2) is 54.6 Å². The summed E-state index contributed by atoms with van der Waals surface area (Å²) in [7, 11) is 5.35. The van der Waals surface area contributed by atoms with E-state index in [0.717, 1.165) is 16.7 Å². The van der Waals surface area contributed by atoms with Crippen molar-refractivity contribution in [3.8, 4) is 11.8 Å². The quantitative estimate of drug-likeness (QED) is 0.782. The number of hydrogen-bond donors (Lipinski definition) is 1. The van der Waals surface area contributed by atoms with Crippen molar-refractivity contribution < 1.29 is 4.74 Å². The van der Waals surface area contributed by atoms with E-state index in [1.54, 1.807) is 12.0 Å². The van der Waals surface area contributed by atoms with Gasteiger partial charge in [-0.05, 0) is 18.2 Å². The number of fused-ring (bicyclic) bond motifs is 1. The van der Waals surface area contributed by atoms with Gasteiger partial charge in [-0.25, -0.2) is 4.98 Å². The zero-order valence-corrected chi connectivity index (χ0v) is 14.0. The van der Waals surface area contributed by atoms with E-state index < -0.39 is 0 Å². The Morgan fingerprint density at radius 3 is 2.21 bits per heavy atom. The molecule has 1 aromatic heterocycles. The van der Waals surface area contributed by atoms with Gasteiger partial charge in [0.2, 0.25) is 0 Å². The summed E-state index contributed by atoms with van der Waals surface area (Å²) in [4.78, 5) is 6.22. The molecule has 24 heavy (non-hydrogen) atoms. The zero-order valence-electron chi connectivity index (χ0n) is 14.0. The Morgan fingerprint density at radius 1 is 1.04 bits per heavy atom. The molecule has 0 fully saturated rings. The largest absolute Gasteiger partial charge is 0.497 e. The van der Waals surface area contributed by atoms with Gasteiger partial charge < -0.3 is 15.4 Å². The monoisotopic (exact) mass is 320 g/mol. The molecule has 2 aromatic carbocycles. The molecule has 3 aromatic rings. The van der Waals surface area contributed by atoms with E-state index in [9.17, 15) is 0 Å². The van der Waals surface area contributed by atoms with Crippen LogP contribution in [0.1, 0.15) is 5.56 Å². The van der Waals surface area contributed by atoms with Crippen LogP contribution in [0.5, 0.6) is 5.75 Å². The minimum absolute atomic E-state index is 0.434. The first-order valence-electron chi connectivity index (χ1n) is 7.43. The molecule has 0 aliphatic heterocycles. The van der Waals surface area contributed by atoms with Gasteiger partial charge >= 0.3 is 0 Å². The highest BCUT2D eigenvalue weighted by Gasteiger charge is 2.13. The highest BCUT2D eigenvalue weighted by molar-refractivity contribution is 5.95. The summed E-state index contributed by atoms with van der Waals surface area (Å²) in [6.07, 6.45) is 0. The van der Waals surface area contributed by atoms with E-state index in [4.69, 9.17) is 15.7 Å². The van der Waals surface area contributed by atoms with Crippen molar-refractivity contribution >= 4 is 22.4 Å². The molecule has 0 saturated carbocycles. The highest BCUT2D eigenvalue weighted by atomic mass is 16.5. The maximum Gasteiger partial charge on any atom is 0.148 e. The van der Waals surface area contributed by atoms with Crippen LogP contribution in [0.25, 0.3) is 10.9 Å². The fourth-order valence-electron chi connectivity index (χ4n) is 2.21. The van der Waals surface area contributed by atoms with Crippen molar-refractivity contribution in [3.63, 3.8) is 0 Å². The number of methoxy groups -OCH3 is 1. The first kappa shape index (κ1) is 17.1. The van der Waals surface area contributed by atoms with E-state index in [2.05, 4.69) is 11.1 Å². The number of hydrogen-bond acceptors (Lipinski definition) is 5. The fraction of sp³-hybridized carbons (Fsp3) is 0.158. The van der Waals surface area contributed by atoms with Gasteiger partial charge in [0.05, 0.1) is 18.3 Å².